The Bertz CT molecular complexity index is 531. The highest BCUT2D eigenvalue weighted by molar-refractivity contribution is 5.69. The molecule has 2 rings (SSSR count). The van der Waals surface area contributed by atoms with Crippen LogP contribution in [0.15, 0.2) is 16.5 Å². The summed E-state index contributed by atoms with van der Waals surface area (Å²) >= 11 is 0. The van der Waals surface area contributed by atoms with Crippen LogP contribution in [0.5, 0.6) is 0 Å². The molecular formula is C10H12N4O3. The summed E-state index contributed by atoms with van der Waals surface area (Å²) < 4.78 is 6.83. The lowest BCUT2D eigenvalue weighted by molar-refractivity contribution is -0.141. The van der Waals surface area contributed by atoms with Gasteiger partial charge in [-0.1, -0.05) is 6.92 Å². The van der Waals surface area contributed by atoms with Crippen molar-refractivity contribution in [2.75, 3.05) is 0 Å². The third-order valence-corrected chi connectivity index (χ3v) is 2.36. The van der Waals surface area contributed by atoms with Crippen molar-refractivity contribution in [1.29, 1.82) is 0 Å². The number of hydrogen-bond donors (Lipinski definition) is 1. The van der Waals surface area contributed by atoms with Crippen LogP contribution in [0.3, 0.4) is 0 Å². The normalized spacial score (nSPS) is 12.6. The van der Waals surface area contributed by atoms with E-state index < -0.39 is 11.9 Å². The van der Waals surface area contributed by atoms with Gasteiger partial charge in [0.1, 0.15) is 5.76 Å². The van der Waals surface area contributed by atoms with Crippen LogP contribution in [0.25, 0.3) is 11.6 Å². The van der Waals surface area contributed by atoms with Crippen LogP contribution in [0.2, 0.25) is 0 Å². The standard InChI is InChI=1S/C10H12N4O3/c1-6(10(15)16)5-14-9(11-12-13-14)8-4-3-7(2)17-8/h3-4,6H,5H2,1-2H3,(H,15,16). The maximum Gasteiger partial charge on any atom is 0.308 e. The highest BCUT2D eigenvalue weighted by atomic mass is 16.4. The smallest absolute Gasteiger partial charge is 0.308 e. The Morgan fingerprint density at radius 2 is 2.35 bits per heavy atom. The fourth-order valence-corrected chi connectivity index (χ4v) is 1.40. The third-order valence-electron chi connectivity index (χ3n) is 2.36. The molecule has 0 fully saturated rings. The lowest BCUT2D eigenvalue weighted by Crippen LogP contribution is -2.18. The van der Waals surface area contributed by atoms with Crippen LogP contribution in [-0.2, 0) is 11.3 Å². The summed E-state index contributed by atoms with van der Waals surface area (Å²) in [4.78, 5) is 10.8. The molecule has 17 heavy (non-hydrogen) atoms. The van der Waals surface area contributed by atoms with Crippen molar-refractivity contribution in [3.63, 3.8) is 0 Å². The first-order valence-electron chi connectivity index (χ1n) is 5.13. The van der Waals surface area contributed by atoms with Crippen LogP contribution in [0, 0.1) is 12.8 Å². The Hall–Kier alpha value is -2.18. The summed E-state index contributed by atoms with van der Waals surface area (Å²) in [6, 6.07) is 3.55. The fraction of sp³-hybridized carbons (Fsp3) is 0.400. The van der Waals surface area contributed by atoms with Crippen molar-refractivity contribution >= 4 is 5.97 Å². The van der Waals surface area contributed by atoms with Gasteiger partial charge in [-0.15, -0.1) is 5.10 Å². The second kappa shape index (κ2) is 4.36. The number of nitrogens with zero attached hydrogens (tertiary/aromatic N) is 4. The summed E-state index contributed by atoms with van der Waals surface area (Å²) in [6.07, 6.45) is 0. The molecule has 1 atom stereocenters. The van der Waals surface area contributed by atoms with E-state index in [1.165, 1.54) is 4.68 Å². The van der Waals surface area contributed by atoms with Crippen LogP contribution in [0.1, 0.15) is 12.7 Å². The molecule has 1 unspecified atom stereocenters. The highest BCUT2D eigenvalue weighted by Gasteiger charge is 2.18. The molecule has 0 amide bonds. The Morgan fingerprint density at radius 3 is 2.94 bits per heavy atom. The lowest BCUT2D eigenvalue weighted by Gasteiger charge is -2.06. The summed E-state index contributed by atoms with van der Waals surface area (Å²) in [5, 5.41) is 20.0. The zero-order valence-electron chi connectivity index (χ0n) is 9.49. The number of furan rings is 1. The van der Waals surface area contributed by atoms with Crippen LogP contribution in [0.4, 0.5) is 0 Å². The molecular weight excluding hydrogens is 224 g/mol. The van der Waals surface area contributed by atoms with E-state index in [1.54, 1.807) is 19.1 Å². The first kappa shape index (κ1) is 11.3. The Morgan fingerprint density at radius 1 is 1.59 bits per heavy atom. The third kappa shape index (κ3) is 2.32. The van der Waals surface area contributed by atoms with Gasteiger partial charge in [0.25, 0.3) is 0 Å². The van der Waals surface area contributed by atoms with Gasteiger partial charge in [-0.2, -0.15) is 0 Å². The van der Waals surface area contributed by atoms with E-state index in [1.807, 2.05) is 6.92 Å². The van der Waals surface area contributed by atoms with Gasteiger partial charge in [-0.3, -0.25) is 4.79 Å². The number of carbonyl (C=O) groups is 1. The van der Waals surface area contributed by atoms with Crippen molar-refractivity contribution < 1.29 is 14.3 Å². The zero-order valence-corrected chi connectivity index (χ0v) is 9.49. The van der Waals surface area contributed by atoms with Crippen LogP contribution >= 0.6 is 0 Å². The van der Waals surface area contributed by atoms with Crippen molar-refractivity contribution in [3.8, 4) is 11.6 Å². The SMILES string of the molecule is Cc1ccc(-c2nnnn2CC(C)C(=O)O)o1. The van der Waals surface area contributed by atoms with Crippen molar-refractivity contribution in [2.24, 2.45) is 5.92 Å². The largest absolute Gasteiger partial charge is 0.481 e. The molecule has 0 saturated carbocycles. The molecule has 0 bridgehead atoms. The number of carboxylic acid groups (broad SMARTS) is 1. The van der Waals surface area contributed by atoms with E-state index in [-0.39, 0.29) is 6.54 Å². The average molecular weight is 236 g/mol. The van der Waals surface area contributed by atoms with E-state index in [0.29, 0.717) is 11.6 Å². The van der Waals surface area contributed by atoms with E-state index in [4.69, 9.17) is 9.52 Å². The minimum atomic E-state index is -0.887. The van der Waals surface area contributed by atoms with Crippen LogP contribution < -0.4 is 0 Å². The van der Waals surface area contributed by atoms with Gasteiger partial charge in [-0.05, 0) is 29.5 Å². The zero-order chi connectivity index (χ0) is 12.4. The Balaban J connectivity index is 2.26. The number of aromatic nitrogens is 4. The summed E-state index contributed by atoms with van der Waals surface area (Å²) in [5.41, 5.74) is 0. The van der Waals surface area contributed by atoms with Gasteiger partial charge in [-0.25, -0.2) is 4.68 Å². The number of rotatable bonds is 4. The molecule has 0 spiro atoms. The Labute approximate surface area is 97.0 Å². The molecule has 2 aromatic heterocycles. The molecule has 0 aromatic carbocycles. The van der Waals surface area contributed by atoms with E-state index >= 15 is 0 Å². The molecule has 0 radical (unpaired) electrons. The molecule has 2 aromatic rings. The number of carboxylic acids is 1. The summed E-state index contributed by atoms with van der Waals surface area (Å²) in [5.74, 6) is 0.271. The van der Waals surface area contributed by atoms with Crippen molar-refractivity contribution in [1.82, 2.24) is 20.2 Å². The van der Waals surface area contributed by atoms with Gasteiger partial charge in [0.2, 0.25) is 5.82 Å². The average Bonchev–Trinajstić information content (AvgIpc) is 2.86. The minimum absolute atomic E-state index is 0.206. The topological polar surface area (TPSA) is 94.0 Å². The van der Waals surface area contributed by atoms with E-state index in [2.05, 4.69) is 15.5 Å². The molecule has 0 aliphatic carbocycles. The van der Waals surface area contributed by atoms with Crippen LogP contribution in [-0.4, -0.2) is 31.3 Å². The molecule has 2 heterocycles. The molecule has 0 saturated heterocycles. The predicted octanol–water partition coefficient (Wildman–Crippen LogP) is 0.962. The van der Waals surface area contributed by atoms with Crippen molar-refractivity contribution in [2.45, 2.75) is 20.4 Å². The van der Waals surface area contributed by atoms with Gasteiger partial charge < -0.3 is 9.52 Å². The second-order valence-electron chi connectivity index (χ2n) is 3.83. The number of aryl methyl sites for hydroxylation is 1. The Kier molecular flexibility index (Phi) is 2.90. The summed E-state index contributed by atoms with van der Waals surface area (Å²) in [6.45, 7) is 3.62. The lowest BCUT2D eigenvalue weighted by atomic mass is 10.2. The van der Waals surface area contributed by atoms with E-state index in [9.17, 15) is 4.79 Å². The molecule has 0 aliphatic heterocycles. The second-order valence-corrected chi connectivity index (χ2v) is 3.83. The van der Waals surface area contributed by atoms with Gasteiger partial charge in [0.15, 0.2) is 5.76 Å². The van der Waals surface area contributed by atoms with E-state index in [0.717, 1.165) is 5.76 Å². The number of aliphatic carboxylic acids is 1. The van der Waals surface area contributed by atoms with Gasteiger partial charge in [0, 0.05) is 0 Å². The quantitative estimate of drug-likeness (QED) is 0.849. The molecule has 0 aliphatic rings. The first-order chi connectivity index (χ1) is 8.08. The maximum atomic E-state index is 10.8. The maximum absolute atomic E-state index is 10.8. The molecule has 1 N–H and O–H groups in total. The molecule has 7 heteroatoms. The monoisotopic (exact) mass is 236 g/mol. The van der Waals surface area contributed by atoms with Gasteiger partial charge >= 0.3 is 5.97 Å². The highest BCUT2D eigenvalue weighted by Crippen LogP contribution is 2.19. The van der Waals surface area contributed by atoms with Crippen molar-refractivity contribution in [3.05, 3.63) is 17.9 Å². The first-order valence-corrected chi connectivity index (χ1v) is 5.13. The molecule has 7 nitrogen and oxygen atoms in total. The fourth-order valence-electron chi connectivity index (χ4n) is 1.40. The molecule has 90 valence electrons. The number of tetrazole rings is 1. The van der Waals surface area contributed by atoms with Gasteiger partial charge in [0.05, 0.1) is 12.5 Å². The number of hydrogen-bond acceptors (Lipinski definition) is 5. The predicted molar refractivity (Wildman–Crippen MR) is 57.1 cm³/mol. The summed E-state index contributed by atoms with van der Waals surface area (Å²) in [7, 11) is 0. The minimum Gasteiger partial charge on any atom is -0.481 e.